The minimum Gasteiger partial charge on any atom is -0.380 e. The molecule has 0 spiro atoms. The van der Waals surface area contributed by atoms with E-state index in [4.69, 9.17) is 9.72 Å². The second-order valence-corrected chi connectivity index (χ2v) is 6.45. The van der Waals surface area contributed by atoms with Gasteiger partial charge >= 0.3 is 0 Å². The summed E-state index contributed by atoms with van der Waals surface area (Å²) in [4.78, 5) is 7.07. The zero-order valence-electron chi connectivity index (χ0n) is 13.9. The molecule has 2 heterocycles. The summed E-state index contributed by atoms with van der Waals surface area (Å²) in [5.74, 6) is 1.77. The third kappa shape index (κ3) is 4.97. The number of nitrogens with zero attached hydrogens (tertiary/aromatic N) is 2. The molecule has 0 saturated carbocycles. The van der Waals surface area contributed by atoms with Gasteiger partial charge in [-0.25, -0.2) is 4.98 Å². The van der Waals surface area contributed by atoms with Crippen molar-refractivity contribution < 1.29 is 4.74 Å². The Morgan fingerprint density at radius 3 is 2.95 bits per heavy atom. The van der Waals surface area contributed by atoms with Crippen molar-refractivity contribution in [2.75, 3.05) is 31.6 Å². The summed E-state index contributed by atoms with van der Waals surface area (Å²) in [6, 6.07) is 4.40. The summed E-state index contributed by atoms with van der Waals surface area (Å²) in [5, 5.41) is 3.51. The lowest BCUT2D eigenvalue weighted by molar-refractivity contribution is 0.0891. The normalized spacial score (nSPS) is 19.3. The monoisotopic (exact) mass is 291 g/mol. The number of rotatable bonds is 6. The lowest BCUT2D eigenvalue weighted by Gasteiger charge is -2.33. The molecule has 118 valence electrons. The molecule has 1 saturated heterocycles. The Balaban J connectivity index is 2.03. The third-order valence-electron chi connectivity index (χ3n) is 3.92. The highest BCUT2D eigenvalue weighted by atomic mass is 16.5. The highest BCUT2D eigenvalue weighted by Gasteiger charge is 2.20. The number of hydrogen-bond acceptors (Lipinski definition) is 4. The van der Waals surface area contributed by atoms with Crippen molar-refractivity contribution in [2.45, 2.75) is 46.3 Å². The van der Waals surface area contributed by atoms with Gasteiger partial charge in [-0.2, -0.15) is 0 Å². The molecule has 21 heavy (non-hydrogen) atoms. The van der Waals surface area contributed by atoms with Crippen molar-refractivity contribution in [1.29, 1.82) is 0 Å². The highest BCUT2D eigenvalue weighted by molar-refractivity contribution is 5.43. The first kappa shape index (κ1) is 16.2. The summed E-state index contributed by atoms with van der Waals surface area (Å²) in [7, 11) is 1.80. The molecule has 0 aliphatic carbocycles. The van der Waals surface area contributed by atoms with E-state index in [1.165, 1.54) is 12.0 Å². The Labute approximate surface area is 128 Å². The first-order chi connectivity index (χ1) is 10.1. The van der Waals surface area contributed by atoms with E-state index >= 15 is 0 Å². The van der Waals surface area contributed by atoms with Crippen molar-refractivity contribution in [2.24, 2.45) is 5.92 Å². The molecule has 0 radical (unpaired) electrons. The number of pyridine rings is 1. The molecule has 0 bridgehead atoms. The maximum Gasteiger partial charge on any atom is 0.129 e. The zero-order chi connectivity index (χ0) is 15.2. The van der Waals surface area contributed by atoms with E-state index in [0.717, 1.165) is 44.1 Å². The second-order valence-electron chi connectivity index (χ2n) is 6.45. The molecule has 2 rings (SSSR count). The van der Waals surface area contributed by atoms with Gasteiger partial charge in [-0.3, -0.25) is 0 Å². The molecule has 1 aromatic heterocycles. The van der Waals surface area contributed by atoms with Crippen LogP contribution < -0.4 is 10.2 Å². The Hall–Kier alpha value is -1.13. The minimum absolute atomic E-state index is 0.337. The fourth-order valence-corrected chi connectivity index (χ4v) is 2.83. The van der Waals surface area contributed by atoms with Crippen LogP contribution in [0.5, 0.6) is 0 Å². The van der Waals surface area contributed by atoms with Gasteiger partial charge in [-0.1, -0.05) is 13.8 Å². The fourth-order valence-electron chi connectivity index (χ4n) is 2.83. The van der Waals surface area contributed by atoms with Crippen LogP contribution in [0, 0.1) is 12.8 Å². The molecule has 1 unspecified atom stereocenters. The number of ether oxygens (including phenoxy) is 1. The van der Waals surface area contributed by atoms with E-state index in [0.29, 0.717) is 12.0 Å². The number of nitrogens with one attached hydrogen (secondary N) is 1. The average molecular weight is 291 g/mol. The zero-order valence-corrected chi connectivity index (χ0v) is 13.9. The summed E-state index contributed by atoms with van der Waals surface area (Å²) in [6.07, 6.45) is 2.67. The Kier molecular flexibility index (Phi) is 6.00. The number of hydrogen-bond donors (Lipinski definition) is 1. The van der Waals surface area contributed by atoms with E-state index in [-0.39, 0.29) is 0 Å². The number of methoxy groups -OCH3 is 1. The Morgan fingerprint density at radius 2 is 2.24 bits per heavy atom. The van der Waals surface area contributed by atoms with E-state index in [1.54, 1.807) is 7.11 Å². The van der Waals surface area contributed by atoms with Gasteiger partial charge in [0.15, 0.2) is 0 Å². The van der Waals surface area contributed by atoms with E-state index in [9.17, 15) is 0 Å². The Bertz CT molecular complexity index is 448. The van der Waals surface area contributed by atoms with Crippen molar-refractivity contribution in [3.8, 4) is 0 Å². The molecule has 1 N–H and O–H groups in total. The topological polar surface area (TPSA) is 37.4 Å². The third-order valence-corrected chi connectivity index (χ3v) is 3.92. The van der Waals surface area contributed by atoms with Crippen molar-refractivity contribution in [3.63, 3.8) is 0 Å². The van der Waals surface area contributed by atoms with Crippen LogP contribution >= 0.6 is 0 Å². The van der Waals surface area contributed by atoms with Crippen LogP contribution in [0.1, 0.15) is 37.9 Å². The number of aryl methyl sites for hydroxylation is 1. The molecule has 4 heteroatoms. The molecule has 1 fully saturated rings. The molecule has 0 amide bonds. The van der Waals surface area contributed by atoms with Gasteiger partial charge in [0.05, 0.1) is 6.10 Å². The van der Waals surface area contributed by atoms with Crippen molar-refractivity contribution >= 4 is 5.82 Å². The lowest BCUT2D eigenvalue weighted by Crippen LogP contribution is -2.39. The van der Waals surface area contributed by atoms with Crippen LogP contribution in [0.2, 0.25) is 0 Å². The van der Waals surface area contributed by atoms with Gasteiger partial charge in [0, 0.05) is 32.4 Å². The molecule has 1 aliphatic rings. The van der Waals surface area contributed by atoms with Gasteiger partial charge in [0.1, 0.15) is 5.82 Å². The van der Waals surface area contributed by atoms with Crippen LogP contribution in [0.25, 0.3) is 0 Å². The summed E-state index contributed by atoms with van der Waals surface area (Å²) >= 11 is 0. The fraction of sp³-hybridized carbons (Fsp3) is 0.706. The van der Waals surface area contributed by atoms with Crippen molar-refractivity contribution in [3.05, 3.63) is 23.4 Å². The predicted octanol–water partition coefficient (Wildman–Crippen LogP) is 2.75. The minimum atomic E-state index is 0.337. The first-order valence-corrected chi connectivity index (χ1v) is 8.04. The van der Waals surface area contributed by atoms with Gasteiger partial charge in [0.25, 0.3) is 0 Å². The largest absolute Gasteiger partial charge is 0.380 e. The number of piperidine rings is 1. The molecule has 1 aliphatic heterocycles. The maximum absolute atomic E-state index is 5.51. The maximum atomic E-state index is 5.51. The van der Waals surface area contributed by atoms with Crippen LogP contribution in [-0.2, 0) is 11.3 Å². The Morgan fingerprint density at radius 1 is 1.43 bits per heavy atom. The molecular weight excluding hydrogens is 262 g/mol. The van der Waals surface area contributed by atoms with Gasteiger partial charge in [-0.05, 0) is 49.9 Å². The predicted molar refractivity (Wildman–Crippen MR) is 87.8 cm³/mol. The second kappa shape index (κ2) is 7.76. The standard InChI is InChI=1S/C17H29N3O/c1-13(2)10-18-11-15-8-14(3)19-17(9-15)20-7-5-6-16(12-20)21-4/h8-9,13,16,18H,5-7,10-12H2,1-4H3. The molecule has 1 aromatic rings. The van der Waals surface area contributed by atoms with Crippen molar-refractivity contribution in [1.82, 2.24) is 10.3 Å². The first-order valence-electron chi connectivity index (χ1n) is 8.04. The average Bonchev–Trinajstić information content (AvgIpc) is 2.46. The van der Waals surface area contributed by atoms with Crippen LogP contribution in [0.3, 0.4) is 0 Å². The van der Waals surface area contributed by atoms with E-state index in [2.05, 4.69) is 43.1 Å². The van der Waals surface area contributed by atoms with Crippen LogP contribution in [-0.4, -0.2) is 37.8 Å². The highest BCUT2D eigenvalue weighted by Crippen LogP contribution is 2.21. The van der Waals surface area contributed by atoms with Gasteiger partial charge < -0.3 is 15.0 Å². The van der Waals surface area contributed by atoms with E-state index in [1.807, 2.05) is 0 Å². The molecular formula is C17H29N3O. The molecule has 0 aromatic carbocycles. The van der Waals surface area contributed by atoms with E-state index < -0.39 is 0 Å². The summed E-state index contributed by atoms with van der Waals surface area (Å²) < 4.78 is 5.51. The summed E-state index contributed by atoms with van der Waals surface area (Å²) in [5.41, 5.74) is 2.41. The van der Waals surface area contributed by atoms with Crippen LogP contribution in [0.4, 0.5) is 5.82 Å². The van der Waals surface area contributed by atoms with Crippen LogP contribution in [0.15, 0.2) is 12.1 Å². The van der Waals surface area contributed by atoms with Gasteiger partial charge in [-0.15, -0.1) is 0 Å². The van der Waals surface area contributed by atoms with Gasteiger partial charge in [0.2, 0.25) is 0 Å². The molecule has 4 nitrogen and oxygen atoms in total. The lowest BCUT2D eigenvalue weighted by atomic mass is 10.1. The molecule has 1 atom stereocenters. The SMILES string of the molecule is COC1CCCN(c2cc(CNCC(C)C)cc(C)n2)C1. The summed E-state index contributed by atoms with van der Waals surface area (Å²) in [6.45, 7) is 10.5. The number of anilines is 1. The quantitative estimate of drug-likeness (QED) is 0.874. The number of aromatic nitrogens is 1. The smallest absolute Gasteiger partial charge is 0.129 e.